The largest absolute Gasteiger partial charge is 0.490 e. The van der Waals surface area contributed by atoms with E-state index in [9.17, 15) is 4.79 Å². The second kappa shape index (κ2) is 10.7. The number of hydrogen-bond acceptors (Lipinski definition) is 5. The van der Waals surface area contributed by atoms with Crippen LogP contribution < -0.4 is 19.6 Å². The zero-order valence-electron chi connectivity index (χ0n) is 20.4. The van der Waals surface area contributed by atoms with E-state index in [1.165, 1.54) is 49.0 Å². The minimum Gasteiger partial charge on any atom is -0.490 e. The summed E-state index contributed by atoms with van der Waals surface area (Å²) in [6.07, 6.45) is 8.51. The summed E-state index contributed by atoms with van der Waals surface area (Å²) >= 11 is 4.93. The predicted octanol–water partition coefficient (Wildman–Crippen LogP) is 6.72. The van der Waals surface area contributed by atoms with E-state index in [0.717, 1.165) is 26.8 Å². The lowest BCUT2D eigenvalue weighted by Gasteiger charge is -2.22. The molecule has 0 radical (unpaired) electrons. The number of fused-ring (bicyclic) bond motifs is 3. The summed E-state index contributed by atoms with van der Waals surface area (Å²) in [6.45, 7) is 0.833. The molecule has 7 heteroatoms. The van der Waals surface area contributed by atoms with Crippen molar-refractivity contribution in [3.63, 3.8) is 0 Å². The van der Waals surface area contributed by atoms with Crippen molar-refractivity contribution in [1.29, 1.82) is 0 Å². The molecule has 5 aromatic rings. The third-order valence-electron chi connectivity index (χ3n) is 6.97. The molecule has 1 aliphatic rings. The van der Waals surface area contributed by atoms with Gasteiger partial charge in [-0.2, -0.15) is 0 Å². The van der Waals surface area contributed by atoms with Crippen molar-refractivity contribution >= 4 is 49.3 Å². The Morgan fingerprint density at radius 3 is 2.59 bits per heavy atom. The molecule has 5 nitrogen and oxygen atoms in total. The molecule has 0 atom stereocenters. The Labute approximate surface area is 227 Å². The van der Waals surface area contributed by atoms with Crippen LogP contribution in [0.3, 0.4) is 0 Å². The maximum atomic E-state index is 13.2. The van der Waals surface area contributed by atoms with E-state index in [0.29, 0.717) is 34.4 Å². The Balaban J connectivity index is 1.15. The predicted molar refractivity (Wildman–Crippen MR) is 153 cm³/mol. The molecule has 2 heterocycles. The van der Waals surface area contributed by atoms with Gasteiger partial charge in [-0.3, -0.25) is 4.79 Å². The standard InChI is InChI=1S/C30H27BrN2O3S/c31-23-12-15-27(36-17-16-35-24-13-10-21(11-14-24)20-6-2-1-3-7-20)22(18-23)19-28-29(34)33-26-9-5-4-8-25(26)32-30(33)37-28/h4-5,8-15,18-20H,1-3,6-7,16-17H2/b28-19-. The van der Waals surface area contributed by atoms with Crippen LogP contribution in [-0.4, -0.2) is 22.6 Å². The topological polar surface area (TPSA) is 52.8 Å². The summed E-state index contributed by atoms with van der Waals surface area (Å²) in [5.41, 5.74) is 3.84. The first kappa shape index (κ1) is 24.2. The number of hydrogen-bond donors (Lipinski definition) is 0. The summed E-state index contributed by atoms with van der Waals surface area (Å²) in [4.78, 5) is 18.5. The summed E-state index contributed by atoms with van der Waals surface area (Å²) in [5.74, 6) is 2.25. The van der Waals surface area contributed by atoms with Crippen molar-refractivity contribution in [2.75, 3.05) is 13.2 Å². The minimum absolute atomic E-state index is 0.0698. The van der Waals surface area contributed by atoms with E-state index in [1.807, 2.05) is 48.5 Å². The zero-order chi connectivity index (χ0) is 25.2. The van der Waals surface area contributed by atoms with E-state index >= 15 is 0 Å². The first-order valence-corrected chi connectivity index (χ1v) is 14.3. The first-order chi connectivity index (χ1) is 18.2. The second-order valence-corrected chi connectivity index (χ2v) is 11.3. The number of nitrogens with zero attached hydrogens (tertiary/aromatic N) is 2. The molecule has 2 aromatic heterocycles. The van der Waals surface area contributed by atoms with Crippen LogP contribution in [-0.2, 0) is 0 Å². The van der Waals surface area contributed by atoms with Crippen LogP contribution >= 0.6 is 27.3 Å². The van der Waals surface area contributed by atoms with Gasteiger partial charge in [0, 0.05) is 10.0 Å². The molecule has 0 aliphatic heterocycles. The van der Waals surface area contributed by atoms with Gasteiger partial charge in [0.15, 0.2) is 4.96 Å². The highest BCUT2D eigenvalue weighted by Gasteiger charge is 2.15. The maximum absolute atomic E-state index is 13.2. The van der Waals surface area contributed by atoms with Crippen LogP contribution in [0.4, 0.5) is 0 Å². The summed E-state index contributed by atoms with van der Waals surface area (Å²) < 4.78 is 15.2. The Bertz CT molecular complexity index is 1650. The van der Waals surface area contributed by atoms with Crippen LogP contribution in [0, 0.1) is 0 Å². The van der Waals surface area contributed by atoms with Gasteiger partial charge < -0.3 is 9.47 Å². The SMILES string of the molecule is O=c1/c(=C/c2cc(Br)ccc2OCCOc2ccc(C3CCCCC3)cc2)sc2nc3ccccc3n12. The monoisotopic (exact) mass is 574 g/mol. The van der Waals surface area contributed by atoms with Crippen molar-refractivity contribution < 1.29 is 9.47 Å². The summed E-state index contributed by atoms with van der Waals surface area (Å²) in [7, 11) is 0. The van der Waals surface area contributed by atoms with Crippen molar-refractivity contribution in [1.82, 2.24) is 9.38 Å². The Hall–Kier alpha value is -3.16. The van der Waals surface area contributed by atoms with Crippen molar-refractivity contribution in [3.05, 3.63) is 97.2 Å². The number of ether oxygens (including phenoxy) is 2. The van der Waals surface area contributed by atoms with Gasteiger partial charge in [-0.15, -0.1) is 0 Å². The van der Waals surface area contributed by atoms with E-state index in [-0.39, 0.29) is 5.56 Å². The number of rotatable bonds is 7. The normalized spacial score (nSPS) is 15.0. The molecule has 1 saturated carbocycles. The average Bonchev–Trinajstić information content (AvgIpc) is 3.44. The molecule has 0 unspecified atom stereocenters. The third-order valence-corrected chi connectivity index (χ3v) is 8.43. The molecule has 6 rings (SSSR count). The molecule has 0 saturated heterocycles. The quantitative estimate of drug-likeness (QED) is 0.202. The van der Waals surface area contributed by atoms with Gasteiger partial charge >= 0.3 is 0 Å². The minimum atomic E-state index is -0.0698. The summed E-state index contributed by atoms with van der Waals surface area (Å²) in [5, 5.41) is 0. The van der Waals surface area contributed by atoms with Crippen molar-refractivity contribution in [3.8, 4) is 11.5 Å². The van der Waals surface area contributed by atoms with Crippen LogP contribution in [0.15, 0.2) is 76.0 Å². The number of benzene rings is 3. The highest BCUT2D eigenvalue weighted by Crippen LogP contribution is 2.33. The molecule has 188 valence electrons. The Morgan fingerprint density at radius 1 is 0.973 bits per heavy atom. The zero-order valence-corrected chi connectivity index (χ0v) is 22.8. The van der Waals surface area contributed by atoms with E-state index in [2.05, 4.69) is 45.2 Å². The molecule has 0 N–H and O–H groups in total. The fraction of sp³-hybridized carbons (Fsp3) is 0.267. The van der Waals surface area contributed by atoms with E-state index < -0.39 is 0 Å². The smallest absolute Gasteiger partial charge is 0.274 e. The molecule has 0 amide bonds. The van der Waals surface area contributed by atoms with Gasteiger partial charge in [-0.05, 0) is 72.9 Å². The molecule has 3 aromatic carbocycles. The molecule has 1 aliphatic carbocycles. The molecule has 0 spiro atoms. The van der Waals surface area contributed by atoms with E-state index in [4.69, 9.17) is 9.47 Å². The Morgan fingerprint density at radius 2 is 1.76 bits per heavy atom. The lowest BCUT2D eigenvalue weighted by Crippen LogP contribution is -2.22. The molecular formula is C30H27BrN2O3S. The van der Waals surface area contributed by atoms with Crippen molar-refractivity contribution in [2.45, 2.75) is 38.0 Å². The number of para-hydroxylation sites is 2. The second-order valence-electron chi connectivity index (χ2n) is 9.42. The van der Waals surface area contributed by atoms with Crippen LogP contribution in [0.5, 0.6) is 11.5 Å². The molecular weight excluding hydrogens is 548 g/mol. The lowest BCUT2D eigenvalue weighted by atomic mass is 9.84. The van der Waals surface area contributed by atoms with E-state index in [1.54, 1.807) is 4.40 Å². The average molecular weight is 576 g/mol. The molecule has 37 heavy (non-hydrogen) atoms. The maximum Gasteiger partial charge on any atom is 0.274 e. The van der Waals surface area contributed by atoms with Crippen LogP contribution in [0.2, 0.25) is 0 Å². The lowest BCUT2D eigenvalue weighted by molar-refractivity contribution is 0.217. The van der Waals surface area contributed by atoms with Crippen molar-refractivity contribution in [2.24, 2.45) is 0 Å². The van der Waals surface area contributed by atoms with Gasteiger partial charge in [-0.1, -0.05) is 70.8 Å². The van der Waals surface area contributed by atoms with Crippen LogP contribution in [0.25, 0.3) is 22.1 Å². The summed E-state index contributed by atoms with van der Waals surface area (Å²) in [6, 6.07) is 22.0. The number of imidazole rings is 1. The van der Waals surface area contributed by atoms with Gasteiger partial charge in [0.05, 0.1) is 15.6 Å². The van der Waals surface area contributed by atoms with Gasteiger partial charge in [0.1, 0.15) is 24.7 Å². The first-order valence-electron chi connectivity index (χ1n) is 12.7. The molecule has 0 bridgehead atoms. The number of aromatic nitrogens is 2. The fourth-order valence-corrected chi connectivity index (χ4v) is 6.46. The number of halogens is 1. The molecule has 1 fully saturated rings. The van der Waals surface area contributed by atoms with Gasteiger partial charge in [0.25, 0.3) is 5.56 Å². The van der Waals surface area contributed by atoms with Crippen LogP contribution in [0.1, 0.15) is 49.1 Å². The highest BCUT2D eigenvalue weighted by molar-refractivity contribution is 9.10. The van der Waals surface area contributed by atoms with Gasteiger partial charge in [-0.25, -0.2) is 9.38 Å². The number of thiazole rings is 1. The highest BCUT2D eigenvalue weighted by atomic mass is 79.9. The fourth-order valence-electron chi connectivity index (χ4n) is 5.10. The Kier molecular flexibility index (Phi) is 6.98. The van der Waals surface area contributed by atoms with Gasteiger partial charge in [0.2, 0.25) is 0 Å². The third kappa shape index (κ3) is 5.15.